The van der Waals surface area contributed by atoms with Crippen molar-refractivity contribution in [2.75, 3.05) is 13.7 Å². The molecule has 0 aliphatic rings. The predicted octanol–water partition coefficient (Wildman–Crippen LogP) is 4.48. The Hall–Kier alpha value is -1.03. The molecule has 2 nitrogen and oxygen atoms in total. The molecule has 1 N–H and O–H groups in total. The Balaban J connectivity index is 1.98. The van der Waals surface area contributed by atoms with Gasteiger partial charge in [0.05, 0.1) is 7.11 Å². The van der Waals surface area contributed by atoms with E-state index < -0.39 is 0 Å². The van der Waals surface area contributed by atoms with Gasteiger partial charge in [-0.2, -0.15) is 0 Å². The van der Waals surface area contributed by atoms with Crippen LogP contribution in [0.25, 0.3) is 0 Å². The second-order valence-electron chi connectivity index (χ2n) is 5.42. The van der Waals surface area contributed by atoms with Crippen molar-refractivity contribution in [3.63, 3.8) is 0 Å². The van der Waals surface area contributed by atoms with Gasteiger partial charge in [-0.25, -0.2) is 0 Å². The minimum absolute atomic E-state index is 0.125. The van der Waals surface area contributed by atoms with Crippen LogP contribution in [0.4, 0.5) is 0 Å². The molecule has 0 radical (unpaired) electrons. The Bertz CT molecular complexity index is 552. The molecule has 0 aliphatic carbocycles. The lowest BCUT2D eigenvalue weighted by atomic mass is 9.91. The van der Waals surface area contributed by atoms with Crippen LogP contribution in [-0.2, 0) is 12.0 Å². The van der Waals surface area contributed by atoms with Gasteiger partial charge in [0.2, 0.25) is 0 Å². The Morgan fingerprint density at radius 3 is 2.75 bits per heavy atom. The number of methoxy groups -OCH3 is 1. The van der Waals surface area contributed by atoms with Crippen molar-refractivity contribution >= 4 is 22.9 Å². The minimum atomic E-state index is 0.125. The first kappa shape index (κ1) is 15.4. The highest BCUT2D eigenvalue weighted by Crippen LogP contribution is 2.27. The van der Waals surface area contributed by atoms with E-state index in [1.54, 1.807) is 18.4 Å². The second-order valence-corrected chi connectivity index (χ2v) is 6.81. The molecule has 0 saturated heterocycles. The number of halogens is 1. The molecule has 1 aromatic carbocycles. The molecule has 2 rings (SSSR count). The summed E-state index contributed by atoms with van der Waals surface area (Å²) < 4.78 is 5.36. The number of nitrogens with one attached hydrogen (secondary N) is 1. The third-order valence-electron chi connectivity index (χ3n) is 3.31. The highest BCUT2D eigenvalue weighted by atomic mass is 35.5. The van der Waals surface area contributed by atoms with Crippen molar-refractivity contribution in [1.29, 1.82) is 0 Å². The summed E-state index contributed by atoms with van der Waals surface area (Å²) in [4.78, 5) is 1.39. The van der Waals surface area contributed by atoms with Crippen molar-refractivity contribution in [3.8, 4) is 5.75 Å². The van der Waals surface area contributed by atoms with E-state index in [4.69, 9.17) is 16.3 Å². The summed E-state index contributed by atoms with van der Waals surface area (Å²) in [5.74, 6) is 0.871. The molecule has 0 saturated carbocycles. The maximum atomic E-state index is 6.04. The van der Waals surface area contributed by atoms with Gasteiger partial charge in [-0.3, -0.25) is 0 Å². The molecule has 0 atom stereocenters. The summed E-state index contributed by atoms with van der Waals surface area (Å²) in [6, 6.07) is 9.99. The molecule has 1 aromatic heterocycles. The molecule has 0 spiro atoms. The van der Waals surface area contributed by atoms with Crippen LogP contribution in [0.2, 0.25) is 5.02 Å². The van der Waals surface area contributed by atoms with Gasteiger partial charge in [-0.05, 0) is 29.6 Å². The molecule has 0 amide bonds. The molecule has 4 heteroatoms. The first-order valence-electron chi connectivity index (χ1n) is 6.60. The summed E-state index contributed by atoms with van der Waals surface area (Å²) in [5.41, 5.74) is 1.21. The van der Waals surface area contributed by atoms with Gasteiger partial charge in [0, 0.05) is 34.0 Å². The van der Waals surface area contributed by atoms with Crippen molar-refractivity contribution in [3.05, 3.63) is 51.2 Å². The van der Waals surface area contributed by atoms with Crippen LogP contribution in [0.5, 0.6) is 5.75 Å². The number of hydrogen-bond acceptors (Lipinski definition) is 3. The molecule has 0 unspecified atom stereocenters. The lowest BCUT2D eigenvalue weighted by Crippen LogP contribution is -2.32. The number of hydrogen-bond donors (Lipinski definition) is 1. The zero-order valence-electron chi connectivity index (χ0n) is 12.1. The summed E-state index contributed by atoms with van der Waals surface area (Å²) in [7, 11) is 1.68. The van der Waals surface area contributed by atoms with Gasteiger partial charge in [-0.1, -0.05) is 31.5 Å². The summed E-state index contributed by atoms with van der Waals surface area (Å²) in [6.07, 6.45) is 0. The largest absolute Gasteiger partial charge is 0.496 e. The quantitative estimate of drug-likeness (QED) is 0.849. The van der Waals surface area contributed by atoms with Crippen LogP contribution in [0.15, 0.2) is 35.7 Å². The van der Waals surface area contributed by atoms with Crippen LogP contribution in [-0.4, -0.2) is 13.7 Å². The normalized spacial score (nSPS) is 11.6. The van der Waals surface area contributed by atoms with Crippen LogP contribution in [0.3, 0.4) is 0 Å². The average Bonchev–Trinajstić information content (AvgIpc) is 2.93. The summed E-state index contributed by atoms with van der Waals surface area (Å²) in [5, 5.41) is 6.36. The predicted molar refractivity (Wildman–Crippen MR) is 87.1 cm³/mol. The zero-order valence-corrected chi connectivity index (χ0v) is 13.6. The van der Waals surface area contributed by atoms with Crippen molar-refractivity contribution in [1.82, 2.24) is 5.32 Å². The van der Waals surface area contributed by atoms with Crippen LogP contribution in [0, 0.1) is 0 Å². The van der Waals surface area contributed by atoms with E-state index in [2.05, 4.69) is 36.7 Å². The SMILES string of the molecule is COc1ccc(Cl)cc1CNCC(C)(C)c1cccs1. The molecule has 2 aromatic rings. The summed E-state index contributed by atoms with van der Waals surface area (Å²) >= 11 is 7.84. The standard InChI is InChI=1S/C16H20ClNOS/c1-16(2,15-5-4-8-20-15)11-18-10-12-9-13(17)6-7-14(12)19-3/h4-9,18H,10-11H2,1-3H3. The fourth-order valence-electron chi connectivity index (χ4n) is 2.15. The monoisotopic (exact) mass is 309 g/mol. The number of benzene rings is 1. The molecule has 1 heterocycles. The Labute approximate surface area is 129 Å². The average molecular weight is 310 g/mol. The third-order valence-corrected chi connectivity index (χ3v) is 4.78. The molecule has 0 aliphatic heterocycles. The van der Waals surface area contributed by atoms with Gasteiger partial charge < -0.3 is 10.1 Å². The van der Waals surface area contributed by atoms with E-state index in [9.17, 15) is 0 Å². The third kappa shape index (κ3) is 3.75. The number of rotatable bonds is 6. The van der Waals surface area contributed by atoms with Gasteiger partial charge in [0.1, 0.15) is 5.75 Å². The van der Waals surface area contributed by atoms with Crippen molar-refractivity contribution in [2.45, 2.75) is 25.8 Å². The Kier molecular flexibility index (Phi) is 5.08. The van der Waals surface area contributed by atoms with E-state index in [1.807, 2.05) is 18.2 Å². The Morgan fingerprint density at radius 1 is 1.30 bits per heavy atom. The number of thiophene rings is 1. The van der Waals surface area contributed by atoms with Crippen LogP contribution in [0.1, 0.15) is 24.3 Å². The lowest BCUT2D eigenvalue weighted by Gasteiger charge is -2.24. The molecule has 108 valence electrons. The van der Waals surface area contributed by atoms with E-state index in [-0.39, 0.29) is 5.41 Å². The topological polar surface area (TPSA) is 21.3 Å². The molecule has 0 bridgehead atoms. The first-order chi connectivity index (χ1) is 9.53. The maximum absolute atomic E-state index is 6.04. The van der Waals surface area contributed by atoms with E-state index in [0.29, 0.717) is 0 Å². The minimum Gasteiger partial charge on any atom is -0.496 e. The van der Waals surface area contributed by atoms with E-state index in [1.165, 1.54) is 4.88 Å². The molecular weight excluding hydrogens is 290 g/mol. The fraction of sp³-hybridized carbons (Fsp3) is 0.375. The van der Waals surface area contributed by atoms with Crippen LogP contribution >= 0.6 is 22.9 Å². The number of ether oxygens (including phenoxy) is 1. The van der Waals surface area contributed by atoms with Gasteiger partial charge in [0.25, 0.3) is 0 Å². The van der Waals surface area contributed by atoms with Crippen molar-refractivity contribution in [2.24, 2.45) is 0 Å². The van der Waals surface area contributed by atoms with Gasteiger partial charge in [-0.15, -0.1) is 11.3 Å². The van der Waals surface area contributed by atoms with E-state index >= 15 is 0 Å². The second kappa shape index (κ2) is 6.61. The maximum Gasteiger partial charge on any atom is 0.123 e. The summed E-state index contributed by atoms with van der Waals surface area (Å²) in [6.45, 7) is 6.16. The smallest absolute Gasteiger partial charge is 0.123 e. The fourth-order valence-corrected chi connectivity index (χ4v) is 3.19. The van der Waals surface area contributed by atoms with E-state index in [0.717, 1.165) is 29.4 Å². The van der Waals surface area contributed by atoms with Crippen molar-refractivity contribution < 1.29 is 4.74 Å². The lowest BCUT2D eigenvalue weighted by molar-refractivity contribution is 0.404. The molecule has 0 fully saturated rings. The molecule has 20 heavy (non-hydrogen) atoms. The highest BCUT2D eigenvalue weighted by molar-refractivity contribution is 7.10. The van der Waals surface area contributed by atoms with Gasteiger partial charge in [0.15, 0.2) is 0 Å². The Morgan fingerprint density at radius 2 is 2.10 bits per heavy atom. The highest BCUT2D eigenvalue weighted by Gasteiger charge is 2.21. The van der Waals surface area contributed by atoms with Crippen LogP contribution < -0.4 is 10.1 Å². The van der Waals surface area contributed by atoms with Gasteiger partial charge >= 0.3 is 0 Å². The zero-order chi connectivity index (χ0) is 14.6. The molecular formula is C16H20ClNOS. The first-order valence-corrected chi connectivity index (χ1v) is 7.86.